The third-order valence-electron chi connectivity index (χ3n) is 2.93. The Morgan fingerprint density at radius 3 is 1.65 bits per heavy atom. The van der Waals surface area contributed by atoms with Crippen LogP contribution in [0, 0.1) is 0 Å². The molecule has 0 unspecified atom stereocenters. The Hall–Kier alpha value is -0.315. The van der Waals surface area contributed by atoms with Crippen molar-refractivity contribution in [1.82, 2.24) is 0 Å². The van der Waals surface area contributed by atoms with Gasteiger partial charge in [0.05, 0.1) is 16.8 Å². The summed E-state index contributed by atoms with van der Waals surface area (Å²) in [5, 5.41) is 9.54. The van der Waals surface area contributed by atoms with E-state index >= 15 is 0 Å². The molecular weight excluding hydrogens is 215 g/mol. The van der Waals surface area contributed by atoms with Crippen molar-refractivity contribution in [2.75, 3.05) is 0 Å². The first-order valence-electron chi connectivity index (χ1n) is 6.31. The number of rotatable bonds is 2. The summed E-state index contributed by atoms with van der Waals surface area (Å²) in [6, 6.07) is 0. The molecule has 0 aromatic heterocycles. The molecule has 3 nitrogen and oxygen atoms in total. The van der Waals surface area contributed by atoms with Gasteiger partial charge in [-0.2, -0.15) is 0 Å². The van der Waals surface area contributed by atoms with E-state index in [4.69, 9.17) is 9.31 Å². The molecule has 1 fully saturated rings. The van der Waals surface area contributed by atoms with Gasteiger partial charge in [-0.1, -0.05) is 25.9 Å². The molecule has 0 saturated carbocycles. The summed E-state index contributed by atoms with van der Waals surface area (Å²) < 4.78 is 11.5. The van der Waals surface area contributed by atoms with Crippen LogP contribution in [0.15, 0.2) is 12.1 Å². The largest absolute Gasteiger partial charge is 0.486 e. The average Bonchev–Trinajstić information content (AvgIpc) is 2.35. The monoisotopic (exact) mass is 242 g/mol. The summed E-state index contributed by atoms with van der Waals surface area (Å²) in [5.74, 6) is 1.76. The minimum absolute atomic E-state index is 0.318. The summed E-state index contributed by atoms with van der Waals surface area (Å²) in [6.45, 7) is 15.5. The lowest BCUT2D eigenvalue weighted by atomic mass is 9.88. The van der Waals surface area contributed by atoms with Crippen LogP contribution in [0.2, 0.25) is 0 Å². The van der Waals surface area contributed by atoms with Gasteiger partial charge in [0.2, 0.25) is 0 Å². The van der Waals surface area contributed by atoms with Gasteiger partial charge in [-0.3, -0.25) is 0 Å². The Morgan fingerprint density at radius 1 is 1.00 bits per heavy atom. The molecule has 0 aromatic rings. The zero-order valence-corrected chi connectivity index (χ0v) is 12.5. The van der Waals surface area contributed by atoms with Gasteiger partial charge in [-0.15, -0.1) is 0 Å². The molecule has 0 radical (unpaired) electrons. The normalized spacial score (nSPS) is 22.5. The van der Waals surface area contributed by atoms with Gasteiger partial charge >= 0.3 is 7.12 Å². The van der Waals surface area contributed by atoms with Crippen LogP contribution in [-0.2, 0) is 9.31 Å². The Morgan fingerprint density at radius 2 is 1.35 bits per heavy atom. The lowest BCUT2D eigenvalue weighted by molar-refractivity contribution is 0.00578. The van der Waals surface area contributed by atoms with Crippen LogP contribution >= 0.6 is 0 Å². The Bertz CT molecular complexity index is 248. The Labute approximate surface area is 106 Å². The first-order chi connectivity index (χ1) is 7.54. The van der Waals surface area contributed by atoms with Crippen LogP contribution in [-0.4, -0.2) is 29.0 Å². The molecule has 17 heavy (non-hydrogen) atoms. The van der Waals surface area contributed by atoms with Crippen molar-refractivity contribution < 1.29 is 14.4 Å². The quantitative estimate of drug-likeness (QED) is 0.756. The van der Waals surface area contributed by atoms with Gasteiger partial charge in [0.15, 0.2) is 0 Å². The van der Waals surface area contributed by atoms with Crippen LogP contribution in [0.3, 0.4) is 0 Å². The predicted molar refractivity (Wildman–Crippen MR) is 72.9 cm³/mol. The first-order valence-corrected chi connectivity index (χ1v) is 6.31. The topological polar surface area (TPSA) is 38.7 Å². The summed E-state index contributed by atoms with van der Waals surface area (Å²) in [7, 11) is -0.374. The molecule has 1 aliphatic rings. The highest BCUT2D eigenvalue weighted by molar-refractivity contribution is 6.51. The fourth-order valence-electron chi connectivity index (χ4n) is 1.28. The van der Waals surface area contributed by atoms with E-state index in [0.29, 0.717) is 0 Å². The molecule has 1 rings (SSSR count). The second kappa shape index (κ2) is 5.55. The van der Waals surface area contributed by atoms with Gasteiger partial charge in [-0.05, 0) is 41.5 Å². The molecule has 0 spiro atoms. The molecule has 1 N–H and O–H groups in total. The van der Waals surface area contributed by atoms with Crippen LogP contribution in [0.5, 0.6) is 0 Å². The van der Waals surface area contributed by atoms with E-state index in [2.05, 4.69) is 0 Å². The summed E-state index contributed by atoms with van der Waals surface area (Å²) in [6.07, 6.45) is 1.69. The second-order valence-corrected chi connectivity index (χ2v) is 5.64. The van der Waals surface area contributed by atoms with E-state index in [1.807, 2.05) is 41.5 Å². The molecule has 0 bridgehead atoms. The van der Waals surface area contributed by atoms with Crippen LogP contribution in [0.25, 0.3) is 0 Å². The van der Waals surface area contributed by atoms with Crippen molar-refractivity contribution in [3.63, 3.8) is 0 Å². The third-order valence-corrected chi connectivity index (χ3v) is 2.93. The van der Waals surface area contributed by atoms with Crippen LogP contribution < -0.4 is 0 Å². The van der Waals surface area contributed by atoms with Crippen molar-refractivity contribution >= 4 is 7.12 Å². The van der Waals surface area contributed by atoms with Gasteiger partial charge in [0, 0.05) is 0 Å². The molecule has 4 heteroatoms. The molecule has 1 saturated heterocycles. The minimum Gasteiger partial charge on any atom is -0.400 e. The van der Waals surface area contributed by atoms with E-state index in [-0.39, 0.29) is 18.3 Å². The Balaban J connectivity index is 0.00000121. The Kier molecular flexibility index (Phi) is 5.45. The minimum atomic E-state index is -0.830. The smallest absolute Gasteiger partial charge is 0.400 e. The van der Waals surface area contributed by atoms with E-state index in [1.54, 1.807) is 25.9 Å². The maximum Gasteiger partial charge on any atom is 0.486 e. The molecule has 0 aromatic carbocycles. The third kappa shape index (κ3) is 4.82. The second-order valence-electron chi connectivity index (χ2n) is 5.64. The molecular formula is C13H27BO3. The number of hydrogen-bond donors (Lipinski definition) is 1. The predicted octanol–water partition coefficient (Wildman–Crippen LogP) is 2.97. The lowest BCUT2D eigenvalue weighted by Crippen LogP contribution is -2.41. The molecule has 0 atom stereocenters. The van der Waals surface area contributed by atoms with Crippen LogP contribution in [0.1, 0.15) is 55.4 Å². The molecule has 0 aliphatic carbocycles. The SMILES string of the molecule is CC.CC(C)(O)/C=C/B1OC(C)(C)C(C)(C)O1. The van der Waals surface area contributed by atoms with Gasteiger partial charge in [0.1, 0.15) is 0 Å². The fraction of sp³-hybridized carbons (Fsp3) is 0.846. The number of hydrogen-bond acceptors (Lipinski definition) is 3. The standard InChI is InChI=1S/C11H21BO3.C2H6/c1-9(2,13)7-8-12-14-10(3,4)11(5,6)15-12;1-2/h7-8,13H,1-6H3;1-2H3/b8-7+;. The van der Waals surface area contributed by atoms with Crippen molar-refractivity contribution in [2.24, 2.45) is 0 Å². The van der Waals surface area contributed by atoms with Gasteiger partial charge in [-0.25, -0.2) is 0 Å². The van der Waals surface area contributed by atoms with Gasteiger partial charge in [0.25, 0.3) is 0 Å². The van der Waals surface area contributed by atoms with Crippen LogP contribution in [0.4, 0.5) is 0 Å². The van der Waals surface area contributed by atoms with E-state index in [9.17, 15) is 5.11 Å². The van der Waals surface area contributed by atoms with Gasteiger partial charge < -0.3 is 14.4 Å². The highest BCUT2D eigenvalue weighted by Crippen LogP contribution is 2.36. The van der Waals surface area contributed by atoms with Crippen molar-refractivity contribution in [3.8, 4) is 0 Å². The summed E-state index contributed by atoms with van der Waals surface area (Å²) >= 11 is 0. The molecule has 100 valence electrons. The lowest BCUT2D eigenvalue weighted by Gasteiger charge is -2.32. The summed E-state index contributed by atoms with van der Waals surface area (Å²) in [4.78, 5) is 0. The number of aliphatic hydroxyl groups is 1. The maximum atomic E-state index is 9.54. The molecule has 0 amide bonds. The van der Waals surface area contributed by atoms with E-state index in [0.717, 1.165) is 0 Å². The first kappa shape index (κ1) is 16.7. The van der Waals surface area contributed by atoms with Crippen molar-refractivity contribution in [1.29, 1.82) is 0 Å². The van der Waals surface area contributed by atoms with E-state index < -0.39 is 5.60 Å². The molecule has 1 heterocycles. The zero-order valence-electron chi connectivity index (χ0n) is 12.5. The fourth-order valence-corrected chi connectivity index (χ4v) is 1.28. The van der Waals surface area contributed by atoms with E-state index in [1.165, 1.54) is 0 Å². The highest BCUT2D eigenvalue weighted by atomic mass is 16.7. The maximum absolute atomic E-state index is 9.54. The van der Waals surface area contributed by atoms with Crippen molar-refractivity contribution in [3.05, 3.63) is 12.1 Å². The van der Waals surface area contributed by atoms with Crippen molar-refractivity contribution in [2.45, 2.75) is 72.2 Å². The average molecular weight is 242 g/mol. The molecule has 1 aliphatic heterocycles. The summed E-state index contributed by atoms with van der Waals surface area (Å²) in [5.41, 5.74) is -1.47. The zero-order chi connectivity index (χ0) is 13.9. The highest BCUT2D eigenvalue weighted by Gasteiger charge is 2.50.